The van der Waals surface area contributed by atoms with Gasteiger partial charge in [0.25, 0.3) is 0 Å². The number of carbonyl (C=O) groups is 1. The topological polar surface area (TPSA) is 74.7 Å². The van der Waals surface area contributed by atoms with E-state index in [0.29, 0.717) is 5.56 Å². The van der Waals surface area contributed by atoms with Crippen molar-refractivity contribution in [2.24, 2.45) is 0 Å². The summed E-state index contributed by atoms with van der Waals surface area (Å²) in [4.78, 5) is 11.2. The minimum atomic E-state index is -4.16. The van der Waals surface area contributed by atoms with E-state index in [-0.39, 0.29) is 21.5 Å². The lowest BCUT2D eigenvalue weighted by molar-refractivity contribution is -0.141. The molecule has 0 aliphatic rings. The largest absolute Gasteiger partial charge is 0.480 e. The van der Waals surface area contributed by atoms with Gasteiger partial charge >= 0.3 is 5.97 Å². The molecule has 2 rings (SSSR count). The van der Waals surface area contributed by atoms with Crippen molar-refractivity contribution in [2.75, 3.05) is 0 Å². The van der Waals surface area contributed by atoms with Crippen LogP contribution in [0.3, 0.4) is 0 Å². The van der Waals surface area contributed by atoms with Crippen LogP contribution in [0.5, 0.6) is 0 Å². The average molecular weight is 388 g/mol. The number of hydrogen-bond donors (Lipinski definition) is 1. The molecular weight excluding hydrogens is 373 g/mol. The second kappa shape index (κ2) is 7.53. The smallest absolute Gasteiger partial charge is 0.321 e. The van der Waals surface area contributed by atoms with E-state index in [1.54, 1.807) is 30.3 Å². The van der Waals surface area contributed by atoms with E-state index >= 15 is 0 Å². The second-order valence-electron chi connectivity index (χ2n) is 5.12. The van der Waals surface area contributed by atoms with Crippen LogP contribution in [-0.4, -0.2) is 29.8 Å². The highest BCUT2D eigenvalue weighted by atomic mass is 35.5. The van der Waals surface area contributed by atoms with Crippen molar-refractivity contribution in [3.8, 4) is 0 Å². The fourth-order valence-corrected chi connectivity index (χ4v) is 4.43. The number of halogens is 2. The summed E-state index contributed by atoms with van der Waals surface area (Å²) in [5.41, 5.74) is 0.660. The van der Waals surface area contributed by atoms with E-state index < -0.39 is 22.0 Å². The van der Waals surface area contributed by atoms with Crippen molar-refractivity contribution in [1.82, 2.24) is 4.31 Å². The number of rotatable bonds is 6. The first-order valence-electron chi connectivity index (χ1n) is 6.97. The van der Waals surface area contributed by atoms with Gasteiger partial charge in [-0.25, -0.2) is 8.42 Å². The Morgan fingerprint density at radius 3 is 2.38 bits per heavy atom. The molecule has 0 aliphatic heterocycles. The lowest BCUT2D eigenvalue weighted by Crippen LogP contribution is -2.42. The number of sulfonamides is 1. The van der Waals surface area contributed by atoms with Gasteiger partial charge in [0.1, 0.15) is 10.9 Å². The third kappa shape index (κ3) is 4.08. The number of carboxylic acids is 1. The molecule has 0 spiro atoms. The van der Waals surface area contributed by atoms with Crippen molar-refractivity contribution in [2.45, 2.75) is 24.4 Å². The molecule has 1 N–H and O–H groups in total. The van der Waals surface area contributed by atoms with E-state index in [9.17, 15) is 18.3 Å². The molecule has 0 heterocycles. The van der Waals surface area contributed by atoms with Gasteiger partial charge in [0.2, 0.25) is 10.0 Å². The van der Waals surface area contributed by atoms with Crippen LogP contribution in [0.2, 0.25) is 10.0 Å². The molecule has 0 fully saturated rings. The van der Waals surface area contributed by atoms with Crippen molar-refractivity contribution in [1.29, 1.82) is 0 Å². The number of carboxylic acid groups (broad SMARTS) is 1. The summed E-state index contributed by atoms with van der Waals surface area (Å²) >= 11 is 11.9. The lowest BCUT2D eigenvalue weighted by Gasteiger charge is -2.26. The van der Waals surface area contributed by atoms with Gasteiger partial charge in [0, 0.05) is 11.6 Å². The molecule has 2 aromatic carbocycles. The highest BCUT2D eigenvalue weighted by Gasteiger charge is 2.34. The zero-order valence-corrected chi connectivity index (χ0v) is 15.0. The Morgan fingerprint density at radius 2 is 1.79 bits per heavy atom. The van der Waals surface area contributed by atoms with Crippen molar-refractivity contribution < 1.29 is 18.3 Å². The van der Waals surface area contributed by atoms with Gasteiger partial charge in [0.05, 0.1) is 5.02 Å². The summed E-state index contributed by atoms with van der Waals surface area (Å²) in [6.07, 6.45) is 0. The number of hydrogen-bond acceptors (Lipinski definition) is 3. The van der Waals surface area contributed by atoms with Gasteiger partial charge in [-0.2, -0.15) is 4.31 Å². The fraction of sp³-hybridized carbons (Fsp3) is 0.188. The number of aliphatic carboxylic acids is 1. The molecule has 8 heteroatoms. The minimum absolute atomic E-state index is 0.0185. The molecule has 128 valence electrons. The first-order chi connectivity index (χ1) is 11.2. The third-order valence-electron chi connectivity index (χ3n) is 3.45. The lowest BCUT2D eigenvalue weighted by atomic mass is 10.2. The molecule has 0 radical (unpaired) electrons. The molecule has 1 atom stereocenters. The van der Waals surface area contributed by atoms with Crippen LogP contribution in [0.25, 0.3) is 0 Å². The quantitative estimate of drug-likeness (QED) is 0.820. The standard InChI is InChI=1S/C16H15Cl2NO4S/c1-11(16(20)21)19(10-12-5-3-2-4-6-12)24(22,23)15-9-13(17)7-8-14(15)18/h2-9,11H,10H2,1H3,(H,20,21). The van der Waals surface area contributed by atoms with Crippen LogP contribution < -0.4 is 0 Å². The summed E-state index contributed by atoms with van der Waals surface area (Å²) in [7, 11) is -4.16. The van der Waals surface area contributed by atoms with Crippen molar-refractivity contribution in [3.63, 3.8) is 0 Å². The molecule has 0 bridgehead atoms. The predicted octanol–water partition coefficient (Wildman–Crippen LogP) is 3.66. The minimum Gasteiger partial charge on any atom is -0.480 e. The van der Waals surface area contributed by atoms with E-state index in [0.717, 1.165) is 4.31 Å². The Labute approximate surface area is 150 Å². The molecule has 5 nitrogen and oxygen atoms in total. The van der Waals surface area contributed by atoms with Crippen LogP contribution in [0.4, 0.5) is 0 Å². The molecule has 1 unspecified atom stereocenters. The molecule has 0 saturated carbocycles. The van der Waals surface area contributed by atoms with Gasteiger partial charge in [-0.1, -0.05) is 53.5 Å². The summed E-state index contributed by atoms with van der Waals surface area (Å²) in [6, 6.07) is 11.5. The molecule has 0 aromatic heterocycles. The van der Waals surface area contributed by atoms with Crippen LogP contribution in [0.15, 0.2) is 53.4 Å². The van der Waals surface area contributed by atoms with Crippen molar-refractivity contribution >= 4 is 39.2 Å². The maximum Gasteiger partial charge on any atom is 0.321 e. The predicted molar refractivity (Wildman–Crippen MR) is 92.7 cm³/mol. The molecule has 0 amide bonds. The fourth-order valence-electron chi connectivity index (χ4n) is 2.12. The van der Waals surface area contributed by atoms with Crippen LogP contribution >= 0.6 is 23.2 Å². The Balaban J connectivity index is 2.53. The van der Waals surface area contributed by atoms with Crippen LogP contribution in [0, 0.1) is 0 Å². The summed E-state index contributed by atoms with van der Waals surface area (Å²) in [5.74, 6) is -1.26. The monoisotopic (exact) mass is 387 g/mol. The van der Waals surface area contributed by atoms with Crippen LogP contribution in [-0.2, 0) is 21.4 Å². The Bertz CT molecular complexity index is 840. The molecule has 0 aliphatic carbocycles. The number of benzene rings is 2. The molecule has 24 heavy (non-hydrogen) atoms. The van der Waals surface area contributed by atoms with Crippen LogP contribution in [0.1, 0.15) is 12.5 Å². The highest BCUT2D eigenvalue weighted by Crippen LogP contribution is 2.29. The Morgan fingerprint density at radius 1 is 1.17 bits per heavy atom. The van der Waals surface area contributed by atoms with E-state index in [4.69, 9.17) is 23.2 Å². The average Bonchev–Trinajstić information content (AvgIpc) is 2.54. The van der Waals surface area contributed by atoms with Gasteiger partial charge in [0.15, 0.2) is 0 Å². The number of nitrogens with zero attached hydrogens (tertiary/aromatic N) is 1. The van der Waals surface area contributed by atoms with Gasteiger partial charge < -0.3 is 5.11 Å². The molecule has 2 aromatic rings. The summed E-state index contributed by atoms with van der Waals surface area (Å²) in [6.45, 7) is 1.21. The third-order valence-corrected chi connectivity index (χ3v) is 6.08. The van der Waals surface area contributed by atoms with E-state index in [2.05, 4.69) is 0 Å². The van der Waals surface area contributed by atoms with Gasteiger partial charge in [-0.3, -0.25) is 4.79 Å². The maximum absolute atomic E-state index is 13.0. The van der Waals surface area contributed by atoms with Gasteiger partial charge in [-0.05, 0) is 30.7 Å². The summed E-state index contributed by atoms with van der Waals surface area (Å²) < 4.78 is 26.8. The normalized spacial score (nSPS) is 13.0. The van der Waals surface area contributed by atoms with E-state index in [1.165, 1.54) is 25.1 Å². The SMILES string of the molecule is CC(C(=O)O)N(Cc1ccccc1)S(=O)(=O)c1cc(Cl)ccc1Cl. The second-order valence-corrected chi connectivity index (χ2v) is 7.83. The van der Waals surface area contributed by atoms with E-state index in [1.807, 2.05) is 0 Å². The zero-order valence-electron chi connectivity index (χ0n) is 12.7. The Kier molecular flexibility index (Phi) is 5.87. The summed E-state index contributed by atoms with van der Waals surface area (Å²) in [5, 5.41) is 9.48. The zero-order chi connectivity index (χ0) is 17.9. The van der Waals surface area contributed by atoms with Crippen molar-refractivity contribution in [3.05, 3.63) is 64.1 Å². The first kappa shape index (κ1) is 18.7. The highest BCUT2D eigenvalue weighted by molar-refractivity contribution is 7.89. The Hall–Kier alpha value is -1.60. The molecule has 0 saturated heterocycles. The molecular formula is C16H15Cl2NO4S. The first-order valence-corrected chi connectivity index (χ1v) is 9.16. The van der Waals surface area contributed by atoms with Gasteiger partial charge in [-0.15, -0.1) is 0 Å². The maximum atomic E-state index is 13.0.